The van der Waals surface area contributed by atoms with E-state index in [-0.39, 0.29) is 0 Å². The number of hydrogen-bond acceptors (Lipinski definition) is 2. The van der Waals surface area contributed by atoms with E-state index in [0.717, 1.165) is 37.5 Å². The summed E-state index contributed by atoms with van der Waals surface area (Å²) in [5, 5.41) is 7.24. The third-order valence-electron chi connectivity index (χ3n) is 4.62. The Bertz CT molecular complexity index is 363. The third-order valence-corrected chi connectivity index (χ3v) is 4.62. The topological polar surface area (TPSA) is 24.1 Å². The van der Waals surface area contributed by atoms with Gasteiger partial charge in [0.15, 0.2) is 0 Å². The van der Waals surface area contributed by atoms with Crippen molar-refractivity contribution in [2.24, 2.45) is 11.8 Å². The van der Waals surface area contributed by atoms with Gasteiger partial charge in [-0.2, -0.15) is 0 Å². The molecule has 98 valence electrons. The SMILES string of the molecule is c1ccc(CNCCN[C@H]2C[C@@H]3CC[C@H]2C3)cc1. The minimum absolute atomic E-state index is 0.822. The van der Waals surface area contributed by atoms with Crippen LogP contribution in [0.15, 0.2) is 30.3 Å². The lowest BCUT2D eigenvalue weighted by molar-refractivity contribution is 0.351. The Morgan fingerprint density at radius 2 is 1.89 bits per heavy atom. The first-order valence-corrected chi connectivity index (χ1v) is 7.40. The van der Waals surface area contributed by atoms with Gasteiger partial charge < -0.3 is 10.6 Å². The molecule has 0 amide bonds. The molecule has 2 bridgehead atoms. The van der Waals surface area contributed by atoms with Crippen LogP contribution in [0.4, 0.5) is 0 Å². The molecular weight excluding hydrogens is 220 g/mol. The van der Waals surface area contributed by atoms with Gasteiger partial charge in [-0.25, -0.2) is 0 Å². The zero-order valence-electron chi connectivity index (χ0n) is 11.1. The molecule has 18 heavy (non-hydrogen) atoms. The van der Waals surface area contributed by atoms with Crippen molar-refractivity contribution in [3.05, 3.63) is 35.9 Å². The molecule has 0 aromatic heterocycles. The van der Waals surface area contributed by atoms with Gasteiger partial charge in [-0.05, 0) is 36.7 Å². The van der Waals surface area contributed by atoms with Crippen LogP contribution in [0.1, 0.15) is 31.2 Å². The number of fused-ring (bicyclic) bond motifs is 2. The summed E-state index contributed by atoms with van der Waals surface area (Å²) in [5.41, 5.74) is 1.37. The molecule has 2 fully saturated rings. The third kappa shape index (κ3) is 2.93. The largest absolute Gasteiger partial charge is 0.312 e. The molecule has 0 radical (unpaired) electrons. The highest BCUT2D eigenvalue weighted by Crippen LogP contribution is 2.44. The zero-order chi connectivity index (χ0) is 12.2. The highest BCUT2D eigenvalue weighted by molar-refractivity contribution is 5.14. The summed E-state index contributed by atoms with van der Waals surface area (Å²) >= 11 is 0. The van der Waals surface area contributed by atoms with E-state index < -0.39 is 0 Å². The predicted molar refractivity (Wildman–Crippen MR) is 75.4 cm³/mol. The van der Waals surface area contributed by atoms with Crippen LogP contribution in [0.3, 0.4) is 0 Å². The Morgan fingerprint density at radius 1 is 1.00 bits per heavy atom. The summed E-state index contributed by atoms with van der Waals surface area (Å²) in [6.45, 7) is 3.17. The van der Waals surface area contributed by atoms with Gasteiger partial charge in [-0.15, -0.1) is 0 Å². The molecule has 2 nitrogen and oxygen atoms in total. The quantitative estimate of drug-likeness (QED) is 0.752. The molecule has 0 aliphatic heterocycles. The maximum atomic E-state index is 3.74. The number of rotatable bonds is 6. The van der Waals surface area contributed by atoms with Crippen LogP contribution in [0.2, 0.25) is 0 Å². The molecule has 0 saturated heterocycles. The van der Waals surface area contributed by atoms with Crippen molar-refractivity contribution in [2.45, 2.75) is 38.3 Å². The molecule has 2 saturated carbocycles. The summed E-state index contributed by atoms with van der Waals surface area (Å²) in [5.74, 6) is 2.04. The molecule has 2 aliphatic carbocycles. The van der Waals surface area contributed by atoms with Crippen molar-refractivity contribution < 1.29 is 0 Å². The van der Waals surface area contributed by atoms with E-state index in [0.29, 0.717) is 0 Å². The van der Waals surface area contributed by atoms with Gasteiger partial charge in [-0.3, -0.25) is 0 Å². The summed E-state index contributed by atoms with van der Waals surface area (Å²) < 4.78 is 0. The van der Waals surface area contributed by atoms with Gasteiger partial charge in [0.25, 0.3) is 0 Å². The number of hydrogen-bond donors (Lipinski definition) is 2. The monoisotopic (exact) mass is 244 g/mol. The second kappa shape index (κ2) is 5.85. The maximum absolute atomic E-state index is 3.74. The summed E-state index contributed by atoms with van der Waals surface area (Å²) in [4.78, 5) is 0. The lowest BCUT2D eigenvalue weighted by atomic mass is 9.95. The molecule has 2 heteroatoms. The fourth-order valence-electron chi connectivity index (χ4n) is 3.67. The Labute approximate surface area is 110 Å². The fourth-order valence-corrected chi connectivity index (χ4v) is 3.67. The van der Waals surface area contributed by atoms with Gasteiger partial charge in [-0.1, -0.05) is 36.8 Å². The van der Waals surface area contributed by atoms with Crippen molar-refractivity contribution >= 4 is 0 Å². The standard InChI is InChI=1S/C16H24N2/c1-2-4-13(5-3-1)12-17-8-9-18-16-11-14-6-7-15(16)10-14/h1-5,14-18H,6-12H2/t14-,15+,16+/m1/s1. The van der Waals surface area contributed by atoms with Gasteiger partial charge >= 0.3 is 0 Å². The van der Waals surface area contributed by atoms with Crippen LogP contribution in [-0.2, 0) is 6.54 Å². The van der Waals surface area contributed by atoms with Crippen LogP contribution in [0.25, 0.3) is 0 Å². The zero-order valence-corrected chi connectivity index (χ0v) is 11.1. The first-order valence-electron chi connectivity index (χ1n) is 7.40. The van der Waals surface area contributed by atoms with Crippen LogP contribution in [0.5, 0.6) is 0 Å². The average Bonchev–Trinajstić information content (AvgIpc) is 3.02. The Balaban J connectivity index is 1.29. The summed E-state index contributed by atoms with van der Waals surface area (Å²) in [7, 11) is 0. The highest BCUT2D eigenvalue weighted by Gasteiger charge is 2.38. The smallest absolute Gasteiger partial charge is 0.0206 e. The minimum Gasteiger partial charge on any atom is -0.312 e. The second-order valence-electron chi connectivity index (χ2n) is 5.90. The van der Waals surface area contributed by atoms with Crippen molar-refractivity contribution in [2.75, 3.05) is 13.1 Å². The molecule has 2 aliphatic rings. The summed E-state index contributed by atoms with van der Waals surface area (Å²) in [6.07, 6.45) is 5.90. The van der Waals surface area contributed by atoms with Crippen LogP contribution < -0.4 is 10.6 Å². The van der Waals surface area contributed by atoms with Crippen molar-refractivity contribution in [3.8, 4) is 0 Å². The summed E-state index contributed by atoms with van der Waals surface area (Å²) in [6, 6.07) is 11.4. The first kappa shape index (κ1) is 12.2. The van der Waals surface area contributed by atoms with E-state index in [4.69, 9.17) is 0 Å². The fraction of sp³-hybridized carbons (Fsp3) is 0.625. The minimum atomic E-state index is 0.822. The average molecular weight is 244 g/mol. The van der Waals surface area contributed by atoms with Crippen molar-refractivity contribution in [1.29, 1.82) is 0 Å². The normalized spacial score (nSPS) is 29.9. The number of benzene rings is 1. The van der Waals surface area contributed by atoms with Crippen LogP contribution >= 0.6 is 0 Å². The molecule has 1 aromatic rings. The van der Waals surface area contributed by atoms with Crippen LogP contribution in [0, 0.1) is 11.8 Å². The molecule has 0 heterocycles. The van der Waals surface area contributed by atoms with E-state index in [2.05, 4.69) is 41.0 Å². The molecule has 0 unspecified atom stereocenters. The highest BCUT2D eigenvalue weighted by atomic mass is 15.0. The lowest BCUT2D eigenvalue weighted by Gasteiger charge is -2.23. The van der Waals surface area contributed by atoms with E-state index in [1.165, 1.54) is 31.2 Å². The molecule has 0 spiro atoms. The Morgan fingerprint density at radius 3 is 2.61 bits per heavy atom. The van der Waals surface area contributed by atoms with E-state index in [1.54, 1.807) is 0 Å². The first-order chi connectivity index (χ1) is 8.92. The predicted octanol–water partition coefficient (Wildman–Crippen LogP) is 2.55. The number of nitrogens with one attached hydrogen (secondary N) is 2. The van der Waals surface area contributed by atoms with Gasteiger partial charge in [0.1, 0.15) is 0 Å². The van der Waals surface area contributed by atoms with E-state index in [9.17, 15) is 0 Å². The maximum Gasteiger partial charge on any atom is 0.0206 e. The molecule has 1 aromatic carbocycles. The molecule has 2 N–H and O–H groups in total. The molecule has 3 rings (SSSR count). The van der Waals surface area contributed by atoms with E-state index >= 15 is 0 Å². The van der Waals surface area contributed by atoms with Gasteiger partial charge in [0.05, 0.1) is 0 Å². The second-order valence-corrected chi connectivity index (χ2v) is 5.90. The van der Waals surface area contributed by atoms with Crippen LogP contribution in [-0.4, -0.2) is 19.1 Å². The Hall–Kier alpha value is -0.860. The van der Waals surface area contributed by atoms with Crippen molar-refractivity contribution in [3.63, 3.8) is 0 Å². The van der Waals surface area contributed by atoms with E-state index in [1.807, 2.05) is 0 Å². The lowest BCUT2D eigenvalue weighted by Crippen LogP contribution is -2.38. The Kier molecular flexibility index (Phi) is 3.96. The van der Waals surface area contributed by atoms with Gasteiger partial charge in [0.2, 0.25) is 0 Å². The molecular formula is C16H24N2. The molecule has 3 atom stereocenters. The van der Waals surface area contributed by atoms with Gasteiger partial charge in [0, 0.05) is 25.7 Å². The van der Waals surface area contributed by atoms with Crippen molar-refractivity contribution in [1.82, 2.24) is 10.6 Å².